The molecule has 0 bridgehead atoms. The van der Waals surface area contributed by atoms with E-state index in [1.807, 2.05) is 12.3 Å². The van der Waals surface area contributed by atoms with E-state index in [4.69, 9.17) is 11.6 Å². The summed E-state index contributed by atoms with van der Waals surface area (Å²) in [4.78, 5) is 5.37. The Balaban J connectivity index is 2.25. The summed E-state index contributed by atoms with van der Waals surface area (Å²) >= 11 is 7.33. The fraction of sp³-hybridized carbons (Fsp3) is 0.300. The molecule has 0 N–H and O–H groups in total. The Hall–Kier alpha value is -1.00. The van der Waals surface area contributed by atoms with E-state index in [-0.39, 0.29) is 0 Å². The molecule has 0 aliphatic carbocycles. The Morgan fingerprint density at radius 3 is 2.87 bits per heavy atom. The number of rotatable bonds is 3. The first-order valence-corrected chi connectivity index (χ1v) is 5.93. The molecular weight excluding hydrogens is 230 g/mol. The molecule has 0 aliphatic heterocycles. The zero-order valence-electron chi connectivity index (χ0n) is 8.27. The molecule has 0 unspecified atom stereocenters. The fourth-order valence-electron chi connectivity index (χ4n) is 1.21. The standard InChI is InChI=1S/C10H10ClN3S/c1-2-3-10-12-6-8(15-10)7-4-5-9(11)14-13-7/h4-6H,2-3H2,1H3. The molecule has 0 radical (unpaired) electrons. The SMILES string of the molecule is CCCc1ncc(-c2ccc(Cl)nn2)s1. The molecule has 15 heavy (non-hydrogen) atoms. The predicted molar refractivity (Wildman–Crippen MR) is 62.1 cm³/mol. The van der Waals surface area contributed by atoms with E-state index in [0.29, 0.717) is 5.15 Å². The van der Waals surface area contributed by atoms with Crippen molar-refractivity contribution in [2.24, 2.45) is 0 Å². The summed E-state index contributed by atoms with van der Waals surface area (Å²) in [7, 11) is 0. The van der Waals surface area contributed by atoms with Crippen LogP contribution in [0.3, 0.4) is 0 Å². The minimum absolute atomic E-state index is 0.414. The molecule has 0 saturated heterocycles. The average Bonchev–Trinajstić information content (AvgIpc) is 2.68. The lowest BCUT2D eigenvalue weighted by atomic mass is 10.3. The molecular formula is C10H10ClN3S. The number of nitrogens with zero attached hydrogens (tertiary/aromatic N) is 3. The quantitative estimate of drug-likeness (QED) is 0.826. The van der Waals surface area contributed by atoms with Gasteiger partial charge in [-0.3, -0.25) is 0 Å². The van der Waals surface area contributed by atoms with Crippen molar-refractivity contribution in [2.45, 2.75) is 19.8 Å². The lowest BCUT2D eigenvalue weighted by molar-refractivity contribution is 0.909. The second-order valence-corrected chi connectivity index (χ2v) is 4.61. The van der Waals surface area contributed by atoms with Crippen molar-refractivity contribution in [3.8, 4) is 10.6 Å². The highest BCUT2D eigenvalue weighted by atomic mass is 35.5. The van der Waals surface area contributed by atoms with Crippen molar-refractivity contribution in [3.63, 3.8) is 0 Å². The number of aryl methyl sites for hydroxylation is 1. The Kier molecular flexibility index (Phi) is 3.28. The topological polar surface area (TPSA) is 38.7 Å². The third-order valence-electron chi connectivity index (χ3n) is 1.90. The van der Waals surface area contributed by atoms with Gasteiger partial charge in [-0.1, -0.05) is 18.5 Å². The third-order valence-corrected chi connectivity index (χ3v) is 3.18. The zero-order valence-corrected chi connectivity index (χ0v) is 9.85. The summed E-state index contributed by atoms with van der Waals surface area (Å²) < 4.78 is 0. The zero-order chi connectivity index (χ0) is 10.7. The number of thiazole rings is 1. The van der Waals surface area contributed by atoms with Crippen LogP contribution in [-0.4, -0.2) is 15.2 Å². The highest BCUT2D eigenvalue weighted by molar-refractivity contribution is 7.15. The average molecular weight is 240 g/mol. The van der Waals surface area contributed by atoms with E-state index in [0.717, 1.165) is 28.4 Å². The molecule has 2 heterocycles. The molecule has 0 aliphatic rings. The molecule has 5 heteroatoms. The largest absolute Gasteiger partial charge is 0.249 e. The summed E-state index contributed by atoms with van der Waals surface area (Å²) in [5.74, 6) is 0. The summed E-state index contributed by atoms with van der Waals surface area (Å²) in [5.41, 5.74) is 0.833. The number of aromatic nitrogens is 3. The van der Waals surface area contributed by atoms with E-state index >= 15 is 0 Å². The lowest BCUT2D eigenvalue weighted by Crippen LogP contribution is -1.84. The van der Waals surface area contributed by atoms with Gasteiger partial charge >= 0.3 is 0 Å². The van der Waals surface area contributed by atoms with Crippen LogP contribution in [0.25, 0.3) is 10.6 Å². The molecule has 0 atom stereocenters. The monoisotopic (exact) mass is 239 g/mol. The number of hydrogen-bond donors (Lipinski definition) is 0. The molecule has 78 valence electrons. The van der Waals surface area contributed by atoms with Gasteiger partial charge in [0.25, 0.3) is 0 Å². The highest BCUT2D eigenvalue weighted by Crippen LogP contribution is 2.24. The van der Waals surface area contributed by atoms with Crippen molar-refractivity contribution in [3.05, 3.63) is 28.5 Å². The predicted octanol–water partition coefficient (Wildman–Crippen LogP) is 3.21. The van der Waals surface area contributed by atoms with Gasteiger partial charge in [0, 0.05) is 6.20 Å². The van der Waals surface area contributed by atoms with E-state index in [1.54, 1.807) is 17.4 Å². The Bertz CT molecular complexity index is 438. The first-order valence-electron chi connectivity index (χ1n) is 4.74. The lowest BCUT2D eigenvalue weighted by Gasteiger charge is -1.93. The van der Waals surface area contributed by atoms with Crippen LogP contribution in [0.5, 0.6) is 0 Å². The van der Waals surface area contributed by atoms with Crippen LogP contribution in [0.1, 0.15) is 18.4 Å². The van der Waals surface area contributed by atoms with Crippen LogP contribution in [-0.2, 0) is 6.42 Å². The van der Waals surface area contributed by atoms with Crippen LogP contribution in [0, 0.1) is 0 Å². The summed E-state index contributed by atoms with van der Waals surface area (Å²) in [6.07, 6.45) is 3.97. The molecule has 3 nitrogen and oxygen atoms in total. The van der Waals surface area contributed by atoms with Gasteiger partial charge < -0.3 is 0 Å². The summed E-state index contributed by atoms with van der Waals surface area (Å²) in [6.45, 7) is 2.14. The van der Waals surface area contributed by atoms with Crippen LogP contribution in [0.2, 0.25) is 5.15 Å². The summed E-state index contributed by atoms with van der Waals surface area (Å²) in [6, 6.07) is 3.60. The van der Waals surface area contributed by atoms with Gasteiger partial charge in [-0.15, -0.1) is 21.5 Å². The highest BCUT2D eigenvalue weighted by Gasteiger charge is 2.05. The second kappa shape index (κ2) is 4.68. The van der Waals surface area contributed by atoms with Crippen molar-refractivity contribution in [2.75, 3.05) is 0 Å². The molecule has 0 amide bonds. The first kappa shape index (κ1) is 10.5. The normalized spacial score (nSPS) is 10.5. The molecule has 0 fully saturated rings. The van der Waals surface area contributed by atoms with E-state index in [2.05, 4.69) is 22.1 Å². The van der Waals surface area contributed by atoms with Crippen molar-refractivity contribution >= 4 is 22.9 Å². The molecule has 2 rings (SSSR count). The van der Waals surface area contributed by atoms with Gasteiger partial charge in [0.15, 0.2) is 5.15 Å². The maximum Gasteiger partial charge on any atom is 0.151 e. The molecule has 2 aromatic rings. The minimum Gasteiger partial charge on any atom is -0.249 e. The van der Waals surface area contributed by atoms with E-state index in [1.165, 1.54) is 0 Å². The van der Waals surface area contributed by atoms with Crippen LogP contribution < -0.4 is 0 Å². The fourth-order valence-corrected chi connectivity index (χ4v) is 2.29. The maximum absolute atomic E-state index is 5.67. The molecule has 0 spiro atoms. The van der Waals surface area contributed by atoms with Gasteiger partial charge in [-0.25, -0.2) is 4.98 Å². The van der Waals surface area contributed by atoms with Crippen LogP contribution in [0.15, 0.2) is 18.3 Å². The number of halogens is 1. The van der Waals surface area contributed by atoms with Crippen molar-refractivity contribution < 1.29 is 0 Å². The van der Waals surface area contributed by atoms with Crippen molar-refractivity contribution in [1.82, 2.24) is 15.2 Å². The Morgan fingerprint density at radius 1 is 1.33 bits per heavy atom. The molecule has 2 aromatic heterocycles. The van der Waals surface area contributed by atoms with Gasteiger partial charge in [0.05, 0.1) is 9.88 Å². The first-order chi connectivity index (χ1) is 7.29. The van der Waals surface area contributed by atoms with Gasteiger partial charge in [-0.05, 0) is 25.0 Å². The van der Waals surface area contributed by atoms with E-state index < -0.39 is 0 Å². The minimum atomic E-state index is 0.414. The Labute approximate surface area is 97.2 Å². The van der Waals surface area contributed by atoms with Gasteiger partial charge in [-0.2, -0.15) is 0 Å². The van der Waals surface area contributed by atoms with Crippen molar-refractivity contribution in [1.29, 1.82) is 0 Å². The van der Waals surface area contributed by atoms with Crippen LogP contribution >= 0.6 is 22.9 Å². The summed E-state index contributed by atoms with van der Waals surface area (Å²) in [5, 5.41) is 9.37. The Morgan fingerprint density at radius 2 is 2.20 bits per heavy atom. The maximum atomic E-state index is 5.67. The van der Waals surface area contributed by atoms with Gasteiger partial charge in [0.1, 0.15) is 5.69 Å². The molecule has 0 aromatic carbocycles. The second-order valence-electron chi connectivity index (χ2n) is 3.11. The molecule has 0 saturated carbocycles. The third kappa shape index (κ3) is 2.52. The smallest absolute Gasteiger partial charge is 0.151 e. The van der Waals surface area contributed by atoms with Gasteiger partial charge in [0.2, 0.25) is 0 Å². The van der Waals surface area contributed by atoms with E-state index in [9.17, 15) is 0 Å². The van der Waals surface area contributed by atoms with Crippen LogP contribution in [0.4, 0.5) is 0 Å². The number of hydrogen-bond acceptors (Lipinski definition) is 4.